The van der Waals surface area contributed by atoms with Crippen molar-refractivity contribution in [1.29, 1.82) is 0 Å². The largest absolute Gasteiger partial charge is 0.374 e. The number of aromatic amines is 1. The highest BCUT2D eigenvalue weighted by molar-refractivity contribution is 5.87. The third-order valence-corrected chi connectivity index (χ3v) is 4.46. The number of rotatable bonds is 4. The zero-order valence-electron chi connectivity index (χ0n) is 12.7. The molecule has 1 aliphatic carbocycles. The second-order valence-electron chi connectivity index (χ2n) is 6.20. The van der Waals surface area contributed by atoms with Crippen molar-refractivity contribution in [2.75, 3.05) is 11.9 Å². The molecule has 2 heterocycles. The first-order valence-electron chi connectivity index (χ1n) is 7.75. The van der Waals surface area contributed by atoms with E-state index < -0.39 is 10.5 Å². The summed E-state index contributed by atoms with van der Waals surface area (Å²) in [7, 11) is 0. The summed E-state index contributed by atoms with van der Waals surface area (Å²) in [5, 5.41) is 14.6. The van der Waals surface area contributed by atoms with Gasteiger partial charge < -0.3 is 15.2 Å². The molecular weight excluding hydrogens is 314 g/mol. The lowest BCUT2D eigenvalue weighted by atomic mass is 10.1. The van der Waals surface area contributed by atoms with Crippen molar-refractivity contribution in [1.82, 2.24) is 14.9 Å². The molecule has 2 aromatic rings. The summed E-state index contributed by atoms with van der Waals surface area (Å²) < 4.78 is 0. The van der Waals surface area contributed by atoms with Gasteiger partial charge in [0.2, 0.25) is 5.91 Å². The average molecular weight is 329 g/mol. The van der Waals surface area contributed by atoms with Crippen LogP contribution in [0.4, 0.5) is 11.4 Å². The van der Waals surface area contributed by atoms with E-state index in [1.165, 1.54) is 18.5 Å². The number of carbonyl (C=O) groups excluding carboxylic acids is 1. The zero-order chi connectivity index (χ0) is 16.8. The fourth-order valence-corrected chi connectivity index (χ4v) is 3.16. The predicted molar refractivity (Wildman–Crippen MR) is 85.8 cm³/mol. The Hall–Kier alpha value is -2.97. The molecule has 1 saturated heterocycles. The molecule has 2 N–H and O–H groups in total. The molecule has 0 spiro atoms. The second-order valence-corrected chi connectivity index (χ2v) is 6.20. The number of nitrogens with zero attached hydrogens (tertiary/aromatic N) is 3. The van der Waals surface area contributed by atoms with Gasteiger partial charge in [-0.3, -0.25) is 19.7 Å². The van der Waals surface area contributed by atoms with Gasteiger partial charge in [-0.1, -0.05) is 0 Å². The summed E-state index contributed by atoms with van der Waals surface area (Å²) in [4.78, 5) is 42.9. The monoisotopic (exact) mass is 329 g/mol. The van der Waals surface area contributed by atoms with Gasteiger partial charge in [0.05, 0.1) is 28.2 Å². The van der Waals surface area contributed by atoms with Crippen LogP contribution in [-0.2, 0) is 4.79 Å². The van der Waals surface area contributed by atoms with Crippen LogP contribution in [0.25, 0.3) is 10.9 Å². The van der Waals surface area contributed by atoms with E-state index in [0.717, 1.165) is 12.8 Å². The van der Waals surface area contributed by atoms with Crippen LogP contribution in [0.15, 0.2) is 23.3 Å². The standard InChI is InChI=1S/C15H15N5O4/c21-14-3-8(6-19(14)9-1-2-9)18-12-5-11-10(4-13(12)20(23)24)15(22)17-7-16-11/h4-5,7-9,18H,1-3,6H2,(H,16,17,22). The topological polar surface area (TPSA) is 121 Å². The number of likely N-dealkylation sites (tertiary alicyclic amines) is 1. The fourth-order valence-electron chi connectivity index (χ4n) is 3.16. The van der Waals surface area contributed by atoms with Crippen LogP contribution >= 0.6 is 0 Å². The van der Waals surface area contributed by atoms with E-state index in [9.17, 15) is 19.7 Å². The van der Waals surface area contributed by atoms with Crippen molar-refractivity contribution in [3.63, 3.8) is 0 Å². The van der Waals surface area contributed by atoms with Crippen molar-refractivity contribution in [2.24, 2.45) is 0 Å². The number of benzene rings is 1. The number of amides is 1. The van der Waals surface area contributed by atoms with Gasteiger partial charge in [-0.25, -0.2) is 4.98 Å². The summed E-state index contributed by atoms with van der Waals surface area (Å²) >= 11 is 0. The summed E-state index contributed by atoms with van der Waals surface area (Å²) in [6.07, 6.45) is 3.63. The quantitative estimate of drug-likeness (QED) is 0.638. The maximum Gasteiger partial charge on any atom is 0.293 e. The summed E-state index contributed by atoms with van der Waals surface area (Å²) in [6.45, 7) is 0.543. The van der Waals surface area contributed by atoms with Gasteiger partial charge >= 0.3 is 0 Å². The predicted octanol–water partition coefficient (Wildman–Crippen LogP) is 1.01. The molecule has 1 aromatic heterocycles. The molecule has 1 saturated carbocycles. The first kappa shape index (κ1) is 14.6. The molecule has 0 radical (unpaired) electrons. The molecule has 1 unspecified atom stereocenters. The molecule has 2 fully saturated rings. The molecule has 2 aliphatic rings. The van der Waals surface area contributed by atoms with Crippen LogP contribution in [0, 0.1) is 10.1 Å². The number of nitrogens with one attached hydrogen (secondary N) is 2. The molecule has 1 aliphatic heterocycles. The number of aromatic nitrogens is 2. The highest BCUT2D eigenvalue weighted by atomic mass is 16.6. The number of anilines is 1. The number of carbonyl (C=O) groups is 1. The molecule has 1 aromatic carbocycles. The van der Waals surface area contributed by atoms with E-state index in [1.54, 1.807) is 0 Å². The molecule has 24 heavy (non-hydrogen) atoms. The summed E-state index contributed by atoms with van der Waals surface area (Å²) in [5.41, 5.74) is 0.0280. The number of H-pyrrole nitrogens is 1. The van der Waals surface area contributed by atoms with Crippen LogP contribution in [0.2, 0.25) is 0 Å². The number of hydrogen-bond donors (Lipinski definition) is 2. The second kappa shape index (κ2) is 5.29. The van der Waals surface area contributed by atoms with Crippen LogP contribution in [0.1, 0.15) is 19.3 Å². The lowest BCUT2D eigenvalue weighted by Gasteiger charge is -2.17. The van der Waals surface area contributed by atoms with E-state index in [2.05, 4.69) is 15.3 Å². The summed E-state index contributed by atoms with van der Waals surface area (Å²) in [5.74, 6) is 0.0769. The lowest BCUT2D eigenvalue weighted by Crippen LogP contribution is -2.29. The number of hydrogen-bond acceptors (Lipinski definition) is 6. The Balaban J connectivity index is 1.68. The SMILES string of the molecule is O=C1CC(Nc2cc3nc[nH]c(=O)c3cc2[N+](=O)[O-])CN1C1CC1. The van der Waals surface area contributed by atoms with Gasteiger partial charge in [0.25, 0.3) is 11.2 Å². The minimum Gasteiger partial charge on any atom is -0.374 e. The maximum absolute atomic E-state index is 12.0. The van der Waals surface area contributed by atoms with Crippen molar-refractivity contribution in [3.8, 4) is 0 Å². The molecule has 9 nitrogen and oxygen atoms in total. The molecule has 4 rings (SSSR count). The zero-order valence-corrected chi connectivity index (χ0v) is 12.7. The number of fused-ring (bicyclic) bond motifs is 1. The van der Waals surface area contributed by atoms with Crippen LogP contribution < -0.4 is 10.9 Å². The normalized spacial score (nSPS) is 20.6. The van der Waals surface area contributed by atoms with E-state index in [-0.39, 0.29) is 28.7 Å². The average Bonchev–Trinajstić information content (AvgIpc) is 3.31. The van der Waals surface area contributed by atoms with Crippen molar-refractivity contribution < 1.29 is 9.72 Å². The Kier molecular flexibility index (Phi) is 3.22. The third kappa shape index (κ3) is 2.47. The van der Waals surface area contributed by atoms with Crippen molar-refractivity contribution in [2.45, 2.75) is 31.3 Å². The van der Waals surface area contributed by atoms with Crippen LogP contribution in [0.5, 0.6) is 0 Å². The van der Waals surface area contributed by atoms with Gasteiger partial charge in [-0.05, 0) is 18.9 Å². The Morgan fingerprint density at radius 3 is 2.83 bits per heavy atom. The highest BCUT2D eigenvalue weighted by Gasteiger charge is 2.39. The van der Waals surface area contributed by atoms with Crippen LogP contribution in [0.3, 0.4) is 0 Å². The van der Waals surface area contributed by atoms with E-state index in [4.69, 9.17) is 0 Å². The lowest BCUT2D eigenvalue weighted by molar-refractivity contribution is -0.383. The van der Waals surface area contributed by atoms with E-state index in [0.29, 0.717) is 24.5 Å². The van der Waals surface area contributed by atoms with Gasteiger partial charge in [0, 0.05) is 25.1 Å². The number of nitro benzene ring substituents is 1. The minimum atomic E-state index is -0.538. The molecule has 1 amide bonds. The molecular formula is C15H15N5O4. The van der Waals surface area contributed by atoms with Gasteiger partial charge in [-0.15, -0.1) is 0 Å². The third-order valence-electron chi connectivity index (χ3n) is 4.46. The molecule has 1 atom stereocenters. The first-order valence-corrected chi connectivity index (χ1v) is 7.75. The minimum absolute atomic E-state index is 0.0769. The van der Waals surface area contributed by atoms with Gasteiger partial charge in [0.1, 0.15) is 5.69 Å². The summed E-state index contributed by atoms with van der Waals surface area (Å²) in [6, 6.07) is 2.86. The Labute approximate surface area is 135 Å². The number of nitro groups is 1. The van der Waals surface area contributed by atoms with Crippen molar-refractivity contribution >= 4 is 28.2 Å². The smallest absolute Gasteiger partial charge is 0.293 e. The van der Waals surface area contributed by atoms with Crippen LogP contribution in [-0.4, -0.2) is 44.3 Å². The Morgan fingerprint density at radius 1 is 1.33 bits per heavy atom. The van der Waals surface area contributed by atoms with E-state index in [1.807, 2.05) is 4.90 Å². The molecule has 9 heteroatoms. The first-order chi connectivity index (χ1) is 11.5. The Morgan fingerprint density at radius 2 is 2.12 bits per heavy atom. The Bertz CT molecular complexity index is 904. The van der Waals surface area contributed by atoms with Crippen molar-refractivity contribution in [3.05, 3.63) is 38.9 Å². The molecule has 124 valence electrons. The highest BCUT2D eigenvalue weighted by Crippen LogP contribution is 2.33. The fraction of sp³-hybridized carbons (Fsp3) is 0.400. The van der Waals surface area contributed by atoms with Gasteiger partial charge in [-0.2, -0.15) is 0 Å². The molecule has 0 bridgehead atoms. The maximum atomic E-state index is 12.0. The van der Waals surface area contributed by atoms with Gasteiger partial charge in [0.15, 0.2) is 0 Å². The van der Waals surface area contributed by atoms with E-state index >= 15 is 0 Å².